The molecule has 3 nitrogen and oxygen atoms in total. The largest absolute Gasteiger partial charge is 0.390 e. The van der Waals surface area contributed by atoms with Crippen molar-refractivity contribution in [3.05, 3.63) is 0 Å². The van der Waals surface area contributed by atoms with E-state index in [2.05, 4.69) is 6.92 Å². The average molecular weight is 428 g/mol. The quantitative estimate of drug-likeness (QED) is 0.236. The summed E-state index contributed by atoms with van der Waals surface area (Å²) in [5.74, 6) is 0. The summed E-state index contributed by atoms with van der Waals surface area (Å²) in [4.78, 5) is 0. The van der Waals surface area contributed by atoms with Gasteiger partial charge in [-0.2, -0.15) is 0 Å². The Morgan fingerprint density at radius 2 is 1.09 bits per heavy atom. The molecule has 22 heavy (non-hydrogen) atoms. The van der Waals surface area contributed by atoms with Crippen LogP contribution >= 0.6 is 23.0 Å². The van der Waals surface area contributed by atoms with Crippen molar-refractivity contribution in [3.8, 4) is 0 Å². The topological polar surface area (TPSA) is 49.7 Å². The molecule has 0 unspecified atom stereocenters. The van der Waals surface area contributed by atoms with Crippen LogP contribution < -0.4 is 0 Å². The Kier molecular flexibility index (Phi) is 18.5. The molecule has 0 spiro atoms. The second-order valence-electron chi connectivity index (χ2n) is 6.41. The number of aliphatic hydroxyl groups excluding tert-OH is 2. The number of hydrogen-bond donors (Lipinski definition) is 2. The van der Waals surface area contributed by atoms with E-state index < -0.39 is 12.2 Å². The summed E-state index contributed by atoms with van der Waals surface area (Å²) in [6.45, 7) is 2.76. The second-order valence-corrected chi connectivity index (χ2v) is 7.04. The predicted octanol–water partition coefficient (Wildman–Crippen LogP) is 5.56. The zero-order chi connectivity index (χ0) is 16.5. The Bertz CT molecular complexity index is 215. The highest BCUT2D eigenvalue weighted by atomic mass is 127. The standard InChI is InChI=1S/C18H37IO3/c1-2-3-4-5-6-7-8-9-10-11-12-13-14-17(20)18(21)15-16-22-19/h17-18,20-21H,2-16H2,1H3/t17-,18+/m1/s1. The molecule has 0 aliphatic carbocycles. The number of unbranched alkanes of at least 4 members (excludes halogenated alkanes) is 11. The van der Waals surface area contributed by atoms with Crippen molar-refractivity contribution in [2.24, 2.45) is 0 Å². The molecule has 0 rings (SSSR count). The first-order valence-corrected chi connectivity index (χ1v) is 10.2. The molecule has 0 aromatic rings. The van der Waals surface area contributed by atoms with Crippen molar-refractivity contribution in [2.75, 3.05) is 6.61 Å². The van der Waals surface area contributed by atoms with Gasteiger partial charge < -0.3 is 13.3 Å². The molecule has 2 N–H and O–H groups in total. The average Bonchev–Trinajstić information content (AvgIpc) is 2.53. The van der Waals surface area contributed by atoms with Crippen molar-refractivity contribution in [2.45, 2.75) is 109 Å². The smallest absolute Gasteiger partial charge is 0.109 e. The fourth-order valence-corrected chi connectivity index (χ4v) is 3.00. The van der Waals surface area contributed by atoms with Crippen molar-refractivity contribution in [1.29, 1.82) is 0 Å². The van der Waals surface area contributed by atoms with Crippen LogP contribution in [0.2, 0.25) is 0 Å². The van der Waals surface area contributed by atoms with Gasteiger partial charge in [0.25, 0.3) is 0 Å². The lowest BCUT2D eigenvalue weighted by molar-refractivity contribution is 0.00399. The molecule has 0 aliphatic rings. The van der Waals surface area contributed by atoms with Gasteiger partial charge in [0.1, 0.15) is 23.0 Å². The Morgan fingerprint density at radius 3 is 1.55 bits per heavy atom. The lowest BCUT2D eigenvalue weighted by Crippen LogP contribution is -2.26. The lowest BCUT2D eigenvalue weighted by atomic mass is 10.0. The highest BCUT2D eigenvalue weighted by Crippen LogP contribution is 2.14. The van der Waals surface area contributed by atoms with Gasteiger partial charge in [-0.05, 0) is 6.42 Å². The highest BCUT2D eigenvalue weighted by Gasteiger charge is 2.15. The van der Waals surface area contributed by atoms with Gasteiger partial charge in [-0.25, -0.2) is 0 Å². The van der Waals surface area contributed by atoms with E-state index in [1.807, 2.05) is 23.0 Å². The monoisotopic (exact) mass is 428 g/mol. The summed E-state index contributed by atoms with van der Waals surface area (Å²) < 4.78 is 4.88. The Hall–Kier alpha value is 0.610. The van der Waals surface area contributed by atoms with E-state index in [4.69, 9.17) is 3.07 Å². The molecule has 0 heterocycles. The molecular formula is C18H37IO3. The third kappa shape index (κ3) is 15.5. The number of rotatable bonds is 17. The summed E-state index contributed by atoms with van der Waals surface area (Å²) in [5.41, 5.74) is 0. The third-order valence-corrected chi connectivity index (χ3v) is 4.73. The maximum atomic E-state index is 9.80. The van der Waals surface area contributed by atoms with Crippen molar-refractivity contribution in [3.63, 3.8) is 0 Å². The normalized spacial score (nSPS) is 14.2. The van der Waals surface area contributed by atoms with Gasteiger partial charge in [0.15, 0.2) is 0 Å². The van der Waals surface area contributed by atoms with E-state index in [-0.39, 0.29) is 0 Å². The molecule has 0 aliphatic heterocycles. The van der Waals surface area contributed by atoms with E-state index in [9.17, 15) is 10.2 Å². The first-order valence-electron chi connectivity index (χ1n) is 9.32. The maximum Gasteiger partial charge on any atom is 0.109 e. The zero-order valence-corrected chi connectivity index (χ0v) is 16.6. The van der Waals surface area contributed by atoms with Crippen LogP contribution in [-0.4, -0.2) is 29.0 Å². The Balaban J connectivity index is 3.19. The van der Waals surface area contributed by atoms with Crippen LogP contribution in [0.25, 0.3) is 0 Å². The minimum atomic E-state index is -0.637. The molecular weight excluding hydrogens is 391 g/mol. The van der Waals surface area contributed by atoms with E-state index in [1.54, 1.807) is 0 Å². The summed E-state index contributed by atoms with van der Waals surface area (Å²) >= 11 is 1.81. The number of aliphatic hydroxyl groups is 2. The third-order valence-electron chi connectivity index (χ3n) is 4.29. The minimum absolute atomic E-state index is 0.497. The first-order chi connectivity index (χ1) is 10.7. The molecule has 0 aromatic carbocycles. The molecule has 4 heteroatoms. The first kappa shape index (κ1) is 22.6. The second kappa shape index (κ2) is 18.0. The van der Waals surface area contributed by atoms with Crippen LogP contribution in [0.15, 0.2) is 0 Å². The van der Waals surface area contributed by atoms with Crippen molar-refractivity contribution < 1.29 is 13.3 Å². The van der Waals surface area contributed by atoms with Gasteiger partial charge in [-0.3, -0.25) is 0 Å². The van der Waals surface area contributed by atoms with Crippen LogP contribution in [0.3, 0.4) is 0 Å². The van der Waals surface area contributed by atoms with Crippen molar-refractivity contribution in [1.82, 2.24) is 0 Å². The van der Waals surface area contributed by atoms with Gasteiger partial charge in [0, 0.05) is 6.42 Å². The molecule has 0 saturated heterocycles. The van der Waals surface area contributed by atoms with Gasteiger partial charge in [-0.1, -0.05) is 84.0 Å². The molecule has 0 fully saturated rings. The maximum absolute atomic E-state index is 9.80. The van der Waals surface area contributed by atoms with Crippen LogP contribution in [0, 0.1) is 0 Å². The number of halogens is 1. The highest BCUT2D eigenvalue weighted by molar-refractivity contribution is 14.1. The van der Waals surface area contributed by atoms with Crippen LogP contribution in [0.1, 0.15) is 96.8 Å². The number of hydrogen-bond acceptors (Lipinski definition) is 3. The molecule has 2 atom stereocenters. The predicted molar refractivity (Wildman–Crippen MR) is 102 cm³/mol. The molecule has 134 valence electrons. The fourth-order valence-electron chi connectivity index (χ4n) is 2.74. The summed E-state index contributed by atoms with van der Waals surface area (Å²) in [5, 5.41) is 19.5. The fraction of sp³-hybridized carbons (Fsp3) is 1.00. The van der Waals surface area contributed by atoms with Gasteiger partial charge >= 0.3 is 0 Å². The van der Waals surface area contributed by atoms with E-state index in [1.165, 1.54) is 70.6 Å². The summed E-state index contributed by atoms with van der Waals surface area (Å²) in [6, 6.07) is 0. The molecule has 0 saturated carbocycles. The molecule has 0 bridgehead atoms. The summed E-state index contributed by atoms with van der Waals surface area (Å²) in [7, 11) is 0. The van der Waals surface area contributed by atoms with E-state index >= 15 is 0 Å². The van der Waals surface area contributed by atoms with Crippen LogP contribution in [0.5, 0.6) is 0 Å². The molecule has 0 radical (unpaired) electrons. The van der Waals surface area contributed by atoms with Gasteiger partial charge in [0.05, 0.1) is 18.8 Å². The van der Waals surface area contributed by atoms with Gasteiger partial charge in [0.2, 0.25) is 0 Å². The van der Waals surface area contributed by atoms with Crippen LogP contribution in [0.4, 0.5) is 0 Å². The summed E-state index contributed by atoms with van der Waals surface area (Å²) in [6.07, 6.45) is 15.8. The van der Waals surface area contributed by atoms with Crippen molar-refractivity contribution >= 4 is 23.0 Å². The van der Waals surface area contributed by atoms with E-state index in [0.29, 0.717) is 19.4 Å². The molecule has 0 amide bonds. The zero-order valence-electron chi connectivity index (χ0n) is 14.4. The SMILES string of the molecule is CCCCCCCCCCCCCC[C@@H](O)[C@@H](O)CCOI. The Morgan fingerprint density at radius 1 is 0.682 bits per heavy atom. The van der Waals surface area contributed by atoms with Crippen LogP contribution in [-0.2, 0) is 3.07 Å². The lowest BCUT2D eigenvalue weighted by Gasteiger charge is -2.16. The van der Waals surface area contributed by atoms with Gasteiger partial charge in [-0.15, -0.1) is 0 Å². The van der Waals surface area contributed by atoms with E-state index in [0.717, 1.165) is 6.42 Å². The minimum Gasteiger partial charge on any atom is -0.390 e. The molecule has 0 aromatic heterocycles. The Labute approximate surface area is 151 Å².